The summed E-state index contributed by atoms with van der Waals surface area (Å²) in [5, 5.41) is 8.67. The van der Waals surface area contributed by atoms with Gasteiger partial charge in [-0.3, -0.25) is 0 Å². The van der Waals surface area contributed by atoms with Crippen LogP contribution in [0.4, 0.5) is 4.79 Å². The van der Waals surface area contributed by atoms with Gasteiger partial charge in [0.25, 0.3) is 0 Å². The molecule has 0 spiro atoms. The van der Waals surface area contributed by atoms with E-state index >= 15 is 0 Å². The number of nitrogens with zero attached hydrogens (tertiary/aromatic N) is 2. The van der Waals surface area contributed by atoms with E-state index in [1.807, 2.05) is 55.5 Å². The molecule has 3 aliphatic rings. The third-order valence-corrected chi connectivity index (χ3v) is 8.62. The first kappa shape index (κ1) is 24.8. The zero-order chi connectivity index (χ0) is 25.5. The van der Waals surface area contributed by atoms with Crippen LogP contribution in [-0.2, 0) is 11.3 Å². The van der Waals surface area contributed by atoms with Crippen LogP contribution >= 0.6 is 23.2 Å². The summed E-state index contributed by atoms with van der Waals surface area (Å²) in [6.07, 6.45) is 5.95. The van der Waals surface area contributed by atoms with Gasteiger partial charge in [0, 0.05) is 29.1 Å². The lowest BCUT2D eigenvalue weighted by Crippen LogP contribution is -2.52. The smallest absolute Gasteiger partial charge is 0.318 e. The molecule has 1 aromatic heterocycles. The Bertz CT molecular complexity index is 1240. The van der Waals surface area contributed by atoms with Crippen LogP contribution in [0.15, 0.2) is 53.1 Å². The minimum Gasteiger partial charge on any atom is -0.373 e. The quantitative estimate of drug-likeness (QED) is 0.337. The molecule has 1 saturated carbocycles. The maximum absolute atomic E-state index is 13.2. The van der Waals surface area contributed by atoms with Crippen molar-refractivity contribution in [3.8, 4) is 11.3 Å². The van der Waals surface area contributed by atoms with Crippen molar-refractivity contribution >= 4 is 29.2 Å². The zero-order valence-electron chi connectivity index (χ0n) is 20.8. The van der Waals surface area contributed by atoms with Crippen molar-refractivity contribution < 1.29 is 14.1 Å². The second-order valence-electron chi connectivity index (χ2n) is 10.5. The first-order valence-electron chi connectivity index (χ1n) is 13.2. The Kier molecular flexibility index (Phi) is 6.91. The fourth-order valence-corrected chi connectivity index (χ4v) is 6.51. The minimum atomic E-state index is -0.0356. The van der Waals surface area contributed by atoms with Crippen molar-refractivity contribution in [2.24, 2.45) is 0 Å². The van der Waals surface area contributed by atoms with E-state index in [9.17, 15) is 4.79 Å². The molecule has 0 radical (unpaired) electrons. The number of hydrogen-bond acceptors (Lipinski definition) is 4. The second kappa shape index (κ2) is 10.3. The van der Waals surface area contributed by atoms with Crippen LogP contribution in [-0.4, -0.2) is 34.3 Å². The summed E-state index contributed by atoms with van der Waals surface area (Å²) in [6, 6.07) is 15.9. The van der Waals surface area contributed by atoms with Gasteiger partial charge in [-0.2, -0.15) is 0 Å². The summed E-state index contributed by atoms with van der Waals surface area (Å²) in [6.45, 7) is 2.43. The van der Waals surface area contributed by atoms with Crippen LogP contribution in [0, 0.1) is 0 Å². The Balaban J connectivity index is 1.13. The predicted molar refractivity (Wildman–Crippen MR) is 144 cm³/mol. The van der Waals surface area contributed by atoms with E-state index in [1.54, 1.807) is 0 Å². The van der Waals surface area contributed by atoms with Gasteiger partial charge in [0.05, 0.1) is 28.8 Å². The minimum absolute atomic E-state index is 0.0213. The van der Waals surface area contributed by atoms with Gasteiger partial charge < -0.3 is 19.5 Å². The van der Waals surface area contributed by atoms with Gasteiger partial charge in [0.15, 0.2) is 0 Å². The maximum atomic E-state index is 13.2. The summed E-state index contributed by atoms with van der Waals surface area (Å²) < 4.78 is 12.3. The van der Waals surface area contributed by atoms with Gasteiger partial charge in [-0.25, -0.2) is 4.79 Å². The van der Waals surface area contributed by atoms with E-state index in [2.05, 4.69) is 15.4 Å². The van der Waals surface area contributed by atoms with Crippen molar-refractivity contribution in [3.63, 3.8) is 0 Å². The number of carbonyl (C=O) groups excluding carboxylic acids is 1. The Hall–Kier alpha value is -2.54. The second-order valence-corrected chi connectivity index (χ2v) is 11.3. The number of hydrogen-bond donors (Lipinski definition) is 1. The standard InChI is InChI=1S/C29H31Cl2N3O3/c1-17(18-6-3-2-4-7-18)32-29(35)34-20-12-13-21(34)15-22(14-20)36-16-23-27(33-37-28(23)19-10-11-19)26-24(30)8-5-9-25(26)31/h2-9,17,19-22H,10-16H2,1H3,(H,32,35)/t17-,20?,21?,22?/m0/s1. The molecular formula is C29H31Cl2N3O3. The Morgan fingerprint density at radius 3 is 2.38 bits per heavy atom. The lowest BCUT2D eigenvalue weighted by molar-refractivity contribution is -0.0173. The summed E-state index contributed by atoms with van der Waals surface area (Å²) >= 11 is 13.0. The fraction of sp³-hybridized carbons (Fsp3) is 0.448. The van der Waals surface area contributed by atoms with Crippen LogP contribution in [0.1, 0.15) is 74.3 Å². The molecular weight excluding hydrogens is 509 g/mol. The fourth-order valence-electron chi connectivity index (χ4n) is 5.93. The van der Waals surface area contributed by atoms with E-state index in [4.69, 9.17) is 32.5 Å². The molecule has 3 atom stereocenters. The van der Waals surface area contributed by atoms with Crippen LogP contribution < -0.4 is 5.32 Å². The number of amides is 2. The SMILES string of the molecule is C[C@H](NC(=O)N1C2CCC1CC(OCc1c(-c3c(Cl)cccc3Cl)noc1C1CC1)C2)c1ccccc1. The molecule has 2 amide bonds. The zero-order valence-corrected chi connectivity index (χ0v) is 22.3. The van der Waals surface area contributed by atoms with Gasteiger partial charge in [0.2, 0.25) is 0 Å². The highest BCUT2D eigenvalue weighted by Crippen LogP contribution is 2.46. The molecule has 1 N–H and O–H groups in total. The first-order valence-corrected chi connectivity index (χ1v) is 13.9. The van der Waals surface area contributed by atoms with Gasteiger partial charge >= 0.3 is 6.03 Å². The molecule has 194 valence electrons. The lowest BCUT2D eigenvalue weighted by Gasteiger charge is -2.39. The molecule has 3 fully saturated rings. The van der Waals surface area contributed by atoms with Crippen molar-refractivity contribution in [2.75, 3.05) is 0 Å². The number of piperidine rings is 1. The van der Waals surface area contributed by atoms with E-state index in [1.165, 1.54) is 0 Å². The number of rotatable bonds is 7. The third kappa shape index (κ3) is 4.99. The maximum Gasteiger partial charge on any atom is 0.318 e. The van der Waals surface area contributed by atoms with Crippen molar-refractivity contribution in [3.05, 3.63) is 75.5 Å². The summed E-state index contributed by atoms with van der Waals surface area (Å²) in [5.74, 6) is 1.27. The number of carbonyl (C=O) groups is 1. The van der Waals surface area contributed by atoms with E-state index in [0.717, 1.165) is 55.4 Å². The number of aromatic nitrogens is 1. The summed E-state index contributed by atoms with van der Waals surface area (Å²) in [7, 11) is 0. The highest BCUT2D eigenvalue weighted by Gasteiger charge is 2.44. The molecule has 8 heteroatoms. The molecule has 2 aliphatic heterocycles. The molecule has 2 unspecified atom stereocenters. The number of nitrogens with one attached hydrogen (secondary N) is 1. The Morgan fingerprint density at radius 2 is 1.73 bits per heavy atom. The van der Waals surface area contributed by atoms with Gasteiger partial charge in [-0.1, -0.05) is 64.8 Å². The lowest BCUT2D eigenvalue weighted by atomic mass is 9.99. The highest BCUT2D eigenvalue weighted by atomic mass is 35.5. The van der Waals surface area contributed by atoms with Crippen LogP contribution in [0.5, 0.6) is 0 Å². The Morgan fingerprint density at radius 1 is 1.05 bits per heavy atom. The van der Waals surface area contributed by atoms with E-state index < -0.39 is 0 Å². The highest BCUT2D eigenvalue weighted by molar-refractivity contribution is 6.39. The van der Waals surface area contributed by atoms with Gasteiger partial charge in [-0.15, -0.1) is 0 Å². The summed E-state index contributed by atoms with van der Waals surface area (Å²) in [5.41, 5.74) is 3.42. The van der Waals surface area contributed by atoms with Crippen LogP contribution in [0.25, 0.3) is 11.3 Å². The average Bonchev–Trinajstić information content (AvgIpc) is 3.60. The Labute approximate surface area is 227 Å². The molecule has 1 aliphatic carbocycles. The normalized spacial score (nSPS) is 23.8. The summed E-state index contributed by atoms with van der Waals surface area (Å²) in [4.78, 5) is 15.3. The molecule has 2 aromatic carbocycles. The van der Waals surface area contributed by atoms with E-state index in [0.29, 0.717) is 33.8 Å². The molecule has 2 bridgehead atoms. The molecule has 3 heterocycles. The van der Waals surface area contributed by atoms with Crippen molar-refractivity contribution in [1.82, 2.24) is 15.4 Å². The number of benzene rings is 2. The number of urea groups is 1. The molecule has 3 aromatic rings. The van der Waals surface area contributed by atoms with E-state index in [-0.39, 0.29) is 30.3 Å². The predicted octanol–water partition coefficient (Wildman–Crippen LogP) is 7.51. The molecule has 37 heavy (non-hydrogen) atoms. The molecule has 6 nitrogen and oxygen atoms in total. The monoisotopic (exact) mass is 539 g/mol. The number of ether oxygens (including phenoxy) is 1. The number of halogens is 2. The van der Waals surface area contributed by atoms with Crippen molar-refractivity contribution in [1.29, 1.82) is 0 Å². The van der Waals surface area contributed by atoms with Gasteiger partial charge in [0.1, 0.15) is 11.5 Å². The third-order valence-electron chi connectivity index (χ3n) is 7.99. The average molecular weight is 540 g/mol. The van der Waals surface area contributed by atoms with Gasteiger partial charge in [-0.05, 0) is 63.1 Å². The first-order chi connectivity index (χ1) is 18.0. The van der Waals surface area contributed by atoms with Crippen molar-refractivity contribution in [2.45, 2.75) is 82.2 Å². The van der Waals surface area contributed by atoms with Crippen LogP contribution in [0.3, 0.4) is 0 Å². The molecule has 2 saturated heterocycles. The van der Waals surface area contributed by atoms with Crippen LogP contribution in [0.2, 0.25) is 10.0 Å². The number of fused-ring (bicyclic) bond motifs is 2. The molecule has 6 rings (SSSR count). The topological polar surface area (TPSA) is 67.6 Å². The largest absolute Gasteiger partial charge is 0.373 e.